The number of aromatic nitrogens is 1. The lowest BCUT2D eigenvalue weighted by molar-refractivity contribution is 0.0955. The van der Waals surface area contributed by atoms with E-state index in [2.05, 4.69) is 15.2 Å². The van der Waals surface area contributed by atoms with Crippen LogP contribution in [0.2, 0.25) is 0 Å². The Balaban J connectivity index is 2.15. The second-order valence-electron chi connectivity index (χ2n) is 3.99. The van der Waals surface area contributed by atoms with E-state index in [0.29, 0.717) is 12.1 Å². The number of pyridine rings is 1. The standard InChI is InChI=1S/C12H17N3O/c1-2-14-12(16)10-7-11(9-13-8-10)15-5-3-4-6-15/h7-9H,2-6H2,1H3,(H,14,16). The number of carbonyl (C=O) groups excluding carboxylic acids is 1. The van der Waals surface area contributed by atoms with Gasteiger partial charge in [0.2, 0.25) is 0 Å². The second kappa shape index (κ2) is 4.96. The summed E-state index contributed by atoms with van der Waals surface area (Å²) in [5, 5.41) is 2.78. The number of amides is 1. The van der Waals surface area contributed by atoms with Crippen LogP contribution in [0.1, 0.15) is 30.1 Å². The first-order chi connectivity index (χ1) is 7.81. The van der Waals surface area contributed by atoms with Crippen LogP contribution in [0.3, 0.4) is 0 Å². The zero-order chi connectivity index (χ0) is 11.4. The molecule has 2 heterocycles. The third-order valence-electron chi connectivity index (χ3n) is 2.79. The van der Waals surface area contributed by atoms with E-state index in [1.54, 1.807) is 6.20 Å². The van der Waals surface area contributed by atoms with Crippen molar-refractivity contribution in [3.8, 4) is 0 Å². The van der Waals surface area contributed by atoms with Crippen LogP contribution in [-0.4, -0.2) is 30.5 Å². The Labute approximate surface area is 95.7 Å². The van der Waals surface area contributed by atoms with E-state index in [9.17, 15) is 4.79 Å². The molecule has 4 heteroatoms. The Bertz CT molecular complexity index is 372. The van der Waals surface area contributed by atoms with E-state index in [0.717, 1.165) is 18.8 Å². The Kier molecular flexibility index (Phi) is 3.39. The molecule has 16 heavy (non-hydrogen) atoms. The molecule has 1 fully saturated rings. The van der Waals surface area contributed by atoms with Gasteiger partial charge in [-0.1, -0.05) is 0 Å². The highest BCUT2D eigenvalue weighted by Crippen LogP contribution is 2.19. The van der Waals surface area contributed by atoms with E-state index in [1.807, 2.05) is 19.2 Å². The molecule has 86 valence electrons. The van der Waals surface area contributed by atoms with Crippen molar-refractivity contribution >= 4 is 11.6 Å². The minimum absolute atomic E-state index is 0.0453. The topological polar surface area (TPSA) is 45.2 Å². The zero-order valence-electron chi connectivity index (χ0n) is 9.57. The predicted molar refractivity (Wildman–Crippen MR) is 63.7 cm³/mol. The molecule has 0 aliphatic carbocycles. The summed E-state index contributed by atoms with van der Waals surface area (Å²) < 4.78 is 0. The maximum atomic E-state index is 11.6. The Morgan fingerprint density at radius 2 is 2.19 bits per heavy atom. The molecular weight excluding hydrogens is 202 g/mol. The van der Waals surface area contributed by atoms with Crippen molar-refractivity contribution in [1.29, 1.82) is 0 Å². The third kappa shape index (κ3) is 2.32. The Morgan fingerprint density at radius 3 is 2.88 bits per heavy atom. The first kappa shape index (κ1) is 10.9. The molecule has 2 rings (SSSR count). The molecular formula is C12H17N3O. The fourth-order valence-electron chi connectivity index (χ4n) is 1.96. The lowest BCUT2D eigenvalue weighted by Gasteiger charge is -2.17. The number of hydrogen-bond donors (Lipinski definition) is 1. The van der Waals surface area contributed by atoms with Crippen LogP contribution >= 0.6 is 0 Å². The van der Waals surface area contributed by atoms with Crippen molar-refractivity contribution in [2.24, 2.45) is 0 Å². The van der Waals surface area contributed by atoms with Crippen LogP contribution in [0.25, 0.3) is 0 Å². The highest BCUT2D eigenvalue weighted by atomic mass is 16.1. The van der Waals surface area contributed by atoms with Crippen LogP contribution < -0.4 is 10.2 Å². The van der Waals surface area contributed by atoms with Crippen LogP contribution in [0, 0.1) is 0 Å². The maximum absolute atomic E-state index is 11.6. The predicted octanol–water partition coefficient (Wildman–Crippen LogP) is 1.43. The minimum Gasteiger partial charge on any atom is -0.370 e. The van der Waals surface area contributed by atoms with E-state index >= 15 is 0 Å². The molecule has 1 aliphatic rings. The number of nitrogens with one attached hydrogen (secondary N) is 1. The third-order valence-corrected chi connectivity index (χ3v) is 2.79. The number of carbonyl (C=O) groups is 1. The normalized spacial score (nSPS) is 15.2. The summed E-state index contributed by atoms with van der Waals surface area (Å²) in [6.45, 7) is 4.70. The van der Waals surface area contributed by atoms with E-state index in [-0.39, 0.29) is 5.91 Å². The highest BCUT2D eigenvalue weighted by molar-refractivity contribution is 5.94. The molecule has 1 N–H and O–H groups in total. The Morgan fingerprint density at radius 1 is 1.44 bits per heavy atom. The number of nitrogens with zero attached hydrogens (tertiary/aromatic N) is 2. The van der Waals surface area contributed by atoms with Gasteiger partial charge in [-0.3, -0.25) is 9.78 Å². The maximum Gasteiger partial charge on any atom is 0.252 e. The molecule has 1 aliphatic heterocycles. The van der Waals surface area contributed by atoms with Gasteiger partial charge >= 0.3 is 0 Å². The molecule has 0 saturated carbocycles. The van der Waals surface area contributed by atoms with Crippen molar-refractivity contribution in [2.45, 2.75) is 19.8 Å². The summed E-state index contributed by atoms with van der Waals surface area (Å²) in [7, 11) is 0. The van der Waals surface area contributed by atoms with Gasteiger partial charge in [-0.2, -0.15) is 0 Å². The van der Waals surface area contributed by atoms with E-state index < -0.39 is 0 Å². The first-order valence-corrected chi connectivity index (χ1v) is 5.79. The second-order valence-corrected chi connectivity index (χ2v) is 3.99. The summed E-state index contributed by atoms with van der Waals surface area (Å²) in [6.07, 6.45) is 5.90. The SMILES string of the molecule is CCNC(=O)c1cncc(N2CCCC2)c1. The lowest BCUT2D eigenvalue weighted by Crippen LogP contribution is -2.24. The van der Waals surface area contributed by atoms with Gasteiger partial charge in [0, 0.05) is 25.8 Å². The van der Waals surface area contributed by atoms with E-state index in [4.69, 9.17) is 0 Å². The molecule has 0 unspecified atom stereocenters. The number of rotatable bonds is 3. The Hall–Kier alpha value is -1.58. The van der Waals surface area contributed by atoms with Crippen molar-refractivity contribution in [1.82, 2.24) is 10.3 Å². The molecule has 0 spiro atoms. The largest absolute Gasteiger partial charge is 0.370 e. The summed E-state index contributed by atoms with van der Waals surface area (Å²) >= 11 is 0. The average Bonchev–Trinajstić information content (AvgIpc) is 2.83. The first-order valence-electron chi connectivity index (χ1n) is 5.79. The molecule has 1 aromatic rings. The molecule has 0 radical (unpaired) electrons. The van der Waals surface area contributed by atoms with Crippen molar-refractivity contribution < 1.29 is 4.79 Å². The fraction of sp³-hybridized carbons (Fsp3) is 0.500. The van der Waals surface area contributed by atoms with Crippen molar-refractivity contribution in [3.63, 3.8) is 0 Å². The molecule has 0 bridgehead atoms. The van der Waals surface area contributed by atoms with Crippen LogP contribution in [0.15, 0.2) is 18.5 Å². The lowest BCUT2D eigenvalue weighted by atomic mass is 10.2. The molecule has 1 amide bonds. The highest BCUT2D eigenvalue weighted by Gasteiger charge is 2.14. The van der Waals surface area contributed by atoms with Gasteiger partial charge in [0.25, 0.3) is 5.91 Å². The summed E-state index contributed by atoms with van der Waals surface area (Å²) in [4.78, 5) is 18.0. The number of hydrogen-bond acceptors (Lipinski definition) is 3. The monoisotopic (exact) mass is 219 g/mol. The summed E-state index contributed by atoms with van der Waals surface area (Å²) in [5.41, 5.74) is 1.70. The zero-order valence-corrected chi connectivity index (χ0v) is 9.57. The van der Waals surface area contributed by atoms with E-state index in [1.165, 1.54) is 12.8 Å². The fourth-order valence-corrected chi connectivity index (χ4v) is 1.96. The minimum atomic E-state index is -0.0453. The van der Waals surface area contributed by atoms with Gasteiger partial charge in [0.15, 0.2) is 0 Å². The molecule has 0 aromatic carbocycles. The van der Waals surface area contributed by atoms with Gasteiger partial charge in [-0.15, -0.1) is 0 Å². The smallest absolute Gasteiger partial charge is 0.252 e. The average molecular weight is 219 g/mol. The van der Waals surface area contributed by atoms with Crippen LogP contribution in [0.4, 0.5) is 5.69 Å². The molecule has 1 saturated heterocycles. The molecule has 4 nitrogen and oxygen atoms in total. The van der Waals surface area contributed by atoms with Crippen molar-refractivity contribution in [3.05, 3.63) is 24.0 Å². The summed E-state index contributed by atoms with van der Waals surface area (Å²) in [5.74, 6) is -0.0453. The van der Waals surface area contributed by atoms with Crippen LogP contribution in [0.5, 0.6) is 0 Å². The van der Waals surface area contributed by atoms with Gasteiger partial charge in [0.1, 0.15) is 0 Å². The van der Waals surface area contributed by atoms with Gasteiger partial charge < -0.3 is 10.2 Å². The quantitative estimate of drug-likeness (QED) is 0.836. The molecule has 0 atom stereocenters. The van der Waals surface area contributed by atoms with Gasteiger partial charge in [-0.25, -0.2) is 0 Å². The van der Waals surface area contributed by atoms with Gasteiger partial charge in [-0.05, 0) is 25.8 Å². The molecule has 1 aromatic heterocycles. The van der Waals surface area contributed by atoms with Crippen molar-refractivity contribution in [2.75, 3.05) is 24.5 Å². The van der Waals surface area contributed by atoms with Gasteiger partial charge in [0.05, 0.1) is 17.4 Å². The number of anilines is 1. The summed E-state index contributed by atoms with van der Waals surface area (Å²) in [6, 6.07) is 1.92. The van der Waals surface area contributed by atoms with Crippen LogP contribution in [-0.2, 0) is 0 Å².